The Hall–Kier alpha value is -0.390. The molecular formula is C15H18INS. The molecule has 3 heteroatoms. The minimum absolute atomic E-state index is 0.414. The van der Waals surface area contributed by atoms with E-state index in [9.17, 15) is 0 Å². The number of halogens is 1. The Balaban J connectivity index is 2.10. The number of hydrogen-bond donors (Lipinski definition) is 1. The van der Waals surface area contributed by atoms with Gasteiger partial charge in [-0.15, -0.1) is 11.3 Å². The van der Waals surface area contributed by atoms with E-state index in [1.165, 1.54) is 19.6 Å². The average molecular weight is 371 g/mol. The molecule has 1 nitrogen and oxygen atoms in total. The van der Waals surface area contributed by atoms with Gasteiger partial charge >= 0.3 is 0 Å². The normalized spacial score (nSPS) is 12.6. The number of thiophene rings is 1. The quantitative estimate of drug-likeness (QED) is 0.768. The molecule has 2 aromatic rings. The van der Waals surface area contributed by atoms with Crippen LogP contribution in [0, 0.1) is 2.88 Å². The van der Waals surface area contributed by atoms with Crippen molar-refractivity contribution in [2.45, 2.75) is 25.8 Å². The predicted octanol–water partition coefficient (Wildman–Crippen LogP) is 4.42. The van der Waals surface area contributed by atoms with E-state index < -0.39 is 0 Å². The molecule has 1 aromatic heterocycles. The fourth-order valence-corrected chi connectivity index (χ4v) is 3.47. The van der Waals surface area contributed by atoms with Crippen LogP contribution in [-0.2, 0) is 12.8 Å². The molecule has 0 aliphatic carbocycles. The Kier molecular flexibility index (Phi) is 5.21. The smallest absolute Gasteiger partial charge is 0.0656 e. The van der Waals surface area contributed by atoms with Gasteiger partial charge in [-0.1, -0.05) is 31.2 Å². The zero-order valence-electron chi connectivity index (χ0n) is 10.7. The summed E-state index contributed by atoms with van der Waals surface area (Å²) in [6.07, 6.45) is 2.16. The summed E-state index contributed by atoms with van der Waals surface area (Å²) < 4.78 is 1.35. The van der Waals surface area contributed by atoms with Gasteiger partial charge in [-0.25, -0.2) is 0 Å². The number of aryl methyl sites for hydroxylation is 1. The van der Waals surface area contributed by atoms with Crippen LogP contribution in [0.25, 0.3) is 0 Å². The minimum atomic E-state index is 0.414. The van der Waals surface area contributed by atoms with Crippen molar-refractivity contribution < 1.29 is 0 Å². The van der Waals surface area contributed by atoms with Gasteiger partial charge in [0.25, 0.3) is 0 Å². The highest BCUT2D eigenvalue weighted by Crippen LogP contribution is 2.25. The largest absolute Gasteiger partial charge is 0.313 e. The van der Waals surface area contributed by atoms with E-state index in [2.05, 4.69) is 70.5 Å². The third-order valence-electron chi connectivity index (χ3n) is 3.21. The van der Waals surface area contributed by atoms with E-state index in [-0.39, 0.29) is 0 Å². The van der Waals surface area contributed by atoms with Crippen LogP contribution >= 0.6 is 33.9 Å². The Bertz CT molecular complexity index is 489. The van der Waals surface area contributed by atoms with Gasteiger partial charge in [0, 0.05) is 6.04 Å². The monoisotopic (exact) mass is 371 g/mol. The molecule has 0 fully saturated rings. The first-order valence-electron chi connectivity index (χ1n) is 6.22. The van der Waals surface area contributed by atoms with E-state index >= 15 is 0 Å². The molecule has 1 N–H and O–H groups in total. The molecule has 18 heavy (non-hydrogen) atoms. The topological polar surface area (TPSA) is 12.0 Å². The fraction of sp³-hybridized carbons (Fsp3) is 0.333. The molecule has 2 rings (SSSR count). The van der Waals surface area contributed by atoms with Crippen molar-refractivity contribution in [3.8, 4) is 0 Å². The average Bonchev–Trinajstić information content (AvgIpc) is 2.83. The van der Waals surface area contributed by atoms with Crippen molar-refractivity contribution in [2.75, 3.05) is 7.05 Å². The molecule has 1 heterocycles. The second-order valence-corrected chi connectivity index (χ2v) is 7.21. The van der Waals surface area contributed by atoms with Crippen molar-refractivity contribution in [3.63, 3.8) is 0 Å². The number of hydrogen-bond acceptors (Lipinski definition) is 2. The first-order chi connectivity index (χ1) is 8.72. The van der Waals surface area contributed by atoms with Crippen LogP contribution in [0.15, 0.2) is 35.7 Å². The number of likely N-dealkylation sites (N-methyl/N-ethyl adjacent to an activating group) is 1. The third kappa shape index (κ3) is 3.56. The molecule has 0 saturated heterocycles. The van der Waals surface area contributed by atoms with Crippen LogP contribution in [0.3, 0.4) is 0 Å². The standard InChI is InChI=1S/C15H18INS/c1-3-11-4-6-12(7-5-11)8-14(17-2)13-9-15(16)18-10-13/h4-7,9-10,14,17H,3,8H2,1-2H3. The Morgan fingerprint density at radius 2 is 1.89 bits per heavy atom. The molecule has 0 bridgehead atoms. The highest BCUT2D eigenvalue weighted by molar-refractivity contribution is 14.1. The highest BCUT2D eigenvalue weighted by Gasteiger charge is 2.11. The summed E-state index contributed by atoms with van der Waals surface area (Å²) in [5, 5.41) is 5.67. The maximum Gasteiger partial charge on any atom is 0.0656 e. The van der Waals surface area contributed by atoms with Crippen molar-refractivity contribution in [1.29, 1.82) is 0 Å². The summed E-state index contributed by atoms with van der Waals surface area (Å²) in [6, 6.07) is 11.7. The summed E-state index contributed by atoms with van der Waals surface area (Å²) >= 11 is 4.19. The number of nitrogens with one attached hydrogen (secondary N) is 1. The lowest BCUT2D eigenvalue weighted by molar-refractivity contribution is 0.594. The summed E-state index contributed by atoms with van der Waals surface area (Å²) in [5.74, 6) is 0. The maximum absolute atomic E-state index is 3.41. The summed E-state index contributed by atoms with van der Waals surface area (Å²) in [4.78, 5) is 0. The molecule has 0 radical (unpaired) electrons. The van der Waals surface area contributed by atoms with Gasteiger partial charge in [0.1, 0.15) is 0 Å². The molecule has 0 saturated carbocycles. The first-order valence-corrected chi connectivity index (χ1v) is 8.17. The van der Waals surface area contributed by atoms with Crippen LogP contribution < -0.4 is 5.32 Å². The molecule has 0 spiro atoms. The molecular weight excluding hydrogens is 353 g/mol. The molecule has 96 valence electrons. The number of benzene rings is 1. The molecule has 0 aliphatic heterocycles. The van der Waals surface area contributed by atoms with Gasteiger partial charge in [0.05, 0.1) is 2.88 Å². The summed E-state index contributed by atoms with van der Waals surface area (Å²) in [6.45, 7) is 2.19. The van der Waals surface area contributed by atoms with Gasteiger partial charge in [0.15, 0.2) is 0 Å². The molecule has 1 aromatic carbocycles. The van der Waals surface area contributed by atoms with E-state index in [1.54, 1.807) is 0 Å². The second kappa shape index (κ2) is 6.68. The molecule has 0 amide bonds. The Labute approximate surface area is 127 Å². The van der Waals surface area contributed by atoms with Crippen LogP contribution in [0.4, 0.5) is 0 Å². The fourth-order valence-electron chi connectivity index (χ4n) is 2.04. The number of rotatable bonds is 5. The van der Waals surface area contributed by atoms with E-state index in [0.717, 1.165) is 12.8 Å². The third-order valence-corrected chi connectivity index (χ3v) is 5.02. The lowest BCUT2D eigenvalue weighted by atomic mass is 10.00. The zero-order valence-corrected chi connectivity index (χ0v) is 13.7. The Morgan fingerprint density at radius 3 is 2.39 bits per heavy atom. The molecule has 1 atom stereocenters. The Morgan fingerprint density at radius 1 is 1.22 bits per heavy atom. The lowest BCUT2D eigenvalue weighted by Crippen LogP contribution is -2.18. The van der Waals surface area contributed by atoms with Gasteiger partial charge in [-0.3, -0.25) is 0 Å². The van der Waals surface area contributed by atoms with Gasteiger partial charge in [0.2, 0.25) is 0 Å². The van der Waals surface area contributed by atoms with Crippen LogP contribution in [0.5, 0.6) is 0 Å². The van der Waals surface area contributed by atoms with Crippen LogP contribution in [0.1, 0.15) is 29.7 Å². The first kappa shape index (κ1) is 14.0. The van der Waals surface area contributed by atoms with Crippen molar-refractivity contribution >= 4 is 33.9 Å². The van der Waals surface area contributed by atoms with Crippen molar-refractivity contribution in [2.24, 2.45) is 0 Å². The van der Waals surface area contributed by atoms with Crippen molar-refractivity contribution in [3.05, 3.63) is 55.3 Å². The van der Waals surface area contributed by atoms with Gasteiger partial charge in [-0.05, 0) is 70.6 Å². The predicted molar refractivity (Wildman–Crippen MR) is 88.4 cm³/mol. The SMILES string of the molecule is CCc1ccc(CC(NC)c2csc(I)c2)cc1. The lowest BCUT2D eigenvalue weighted by Gasteiger charge is -2.15. The van der Waals surface area contributed by atoms with Crippen LogP contribution in [-0.4, -0.2) is 7.05 Å². The van der Waals surface area contributed by atoms with Crippen molar-refractivity contribution in [1.82, 2.24) is 5.32 Å². The minimum Gasteiger partial charge on any atom is -0.313 e. The highest BCUT2D eigenvalue weighted by atomic mass is 127. The maximum atomic E-state index is 3.41. The van der Waals surface area contributed by atoms with Gasteiger partial charge < -0.3 is 5.32 Å². The zero-order chi connectivity index (χ0) is 13.0. The van der Waals surface area contributed by atoms with Gasteiger partial charge in [-0.2, -0.15) is 0 Å². The van der Waals surface area contributed by atoms with E-state index in [0.29, 0.717) is 6.04 Å². The molecule has 0 aliphatic rings. The van der Waals surface area contributed by atoms with E-state index in [4.69, 9.17) is 0 Å². The van der Waals surface area contributed by atoms with Crippen LogP contribution in [0.2, 0.25) is 0 Å². The summed E-state index contributed by atoms with van der Waals surface area (Å²) in [7, 11) is 2.04. The second-order valence-electron chi connectivity index (χ2n) is 4.40. The summed E-state index contributed by atoms with van der Waals surface area (Å²) in [5.41, 5.74) is 4.20. The van der Waals surface area contributed by atoms with E-state index in [1.807, 2.05) is 18.4 Å². The molecule has 1 unspecified atom stereocenters.